The first-order chi connectivity index (χ1) is 10.4. The predicted molar refractivity (Wildman–Crippen MR) is 94.2 cm³/mol. The van der Waals surface area contributed by atoms with Crippen molar-refractivity contribution in [1.82, 2.24) is 0 Å². The van der Waals surface area contributed by atoms with Gasteiger partial charge in [-0.3, -0.25) is 4.79 Å². The van der Waals surface area contributed by atoms with Gasteiger partial charge in [0.2, 0.25) is 0 Å². The molecule has 0 unspecified atom stereocenters. The van der Waals surface area contributed by atoms with Crippen LogP contribution in [0.25, 0.3) is 0 Å². The minimum atomic E-state index is -0.0917. The molecule has 0 saturated heterocycles. The Hall–Kier alpha value is -2.49. The van der Waals surface area contributed by atoms with Crippen LogP contribution < -0.4 is 15.1 Å². The third-order valence-electron chi connectivity index (χ3n) is 3.58. The lowest BCUT2D eigenvalue weighted by Gasteiger charge is -2.16. The molecular formula is C18H23N3O. The van der Waals surface area contributed by atoms with E-state index in [1.165, 1.54) is 0 Å². The summed E-state index contributed by atoms with van der Waals surface area (Å²) in [6, 6.07) is 13.5. The molecule has 0 heterocycles. The molecule has 0 atom stereocenters. The van der Waals surface area contributed by atoms with Crippen molar-refractivity contribution in [2.24, 2.45) is 0 Å². The quantitative estimate of drug-likeness (QED) is 0.939. The van der Waals surface area contributed by atoms with E-state index in [1.54, 1.807) is 0 Å². The van der Waals surface area contributed by atoms with Gasteiger partial charge >= 0.3 is 0 Å². The van der Waals surface area contributed by atoms with Gasteiger partial charge in [0.15, 0.2) is 0 Å². The summed E-state index contributed by atoms with van der Waals surface area (Å²) >= 11 is 0. The van der Waals surface area contributed by atoms with Crippen LogP contribution in [0, 0.1) is 6.92 Å². The van der Waals surface area contributed by atoms with Crippen LogP contribution in [0.3, 0.4) is 0 Å². The molecule has 0 aromatic heterocycles. The molecule has 4 nitrogen and oxygen atoms in total. The highest BCUT2D eigenvalue weighted by atomic mass is 16.1. The molecule has 0 aliphatic rings. The van der Waals surface area contributed by atoms with Crippen LogP contribution in [-0.2, 0) is 0 Å². The Balaban J connectivity index is 2.13. The highest BCUT2D eigenvalue weighted by molar-refractivity contribution is 6.04. The van der Waals surface area contributed by atoms with E-state index in [0.29, 0.717) is 5.56 Å². The molecule has 2 rings (SSSR count). The molecule has 116 valence electrons. The maximum atomic E-state index is 12.3. The van der Waals surface area contributed by atoms with Crippen molar-refractivity contribution < 1.29 is 4.79 Å². The minimum Gasteiger partial charge on any atom is -0.378 e. The Morgan fingerprint density at radius 2 is 1.55 bits per heavy atom. The van der Waals surface area contributed by atoms with E-state index in [2.05, 4.69) is 5.32 Å². The molecule has 0 saturated carbocycles. The zero-order valence-corrected chi connectivity index (χ0v) is 13.8. The largest absolute Gasteiger partial charge is 0.378 e. The fraction of sp³-hybridized carbons (Fsp3) is 0.278. The molecule has 2 aromatic carbocycles. The number of nitrogens with one attached hydrogen (secondary N) is 1. The Labute approximate surface area is 132 Å². The molecule has 0 aliphatic carbocycles. The smallest absolute Gasteiger partial charge is 0.255 e. The van der Waals surface area contributed by atoms with Gasteiger partial charge < -0.3 is 15.1 Å². The average molecular weight is 297 g/mol. The van der Waals surface area contributed by atoms with E-state index in [9.17, 15) is 4.79 Å². The Morgan fingerprint density at radius 3 is 2.05 bits per heavy atom. The summed E-state index contributed by atoms with van der Waals surface area (Å²) < 4.78 is 0. The van der Waals surface area contributed by atoms with E-state index in [4.69, 9.17) is 0 Å². The van der Waals surface area contributed by atoms with Gasteiger partial charge in [0, 0.05) is 50.8 Å². The molecule has 0 fully saturated rings. The first-order valence-electron chi connectivity index (χ1n) is 7.25. The number of nitrogens with zero attached hydrogens (tertiary/aromatic N) is 2. The maximum Gasteiger partial charge on any atom is 0.255 e. The summed E-state index contributed by atoms with van der Waals surface area (Å²) in [7, 11) is 7.97. The van der Waals surface area contributed by atoms with Crippen LogP contribution in [0.5, 0.6) is 0 Å². The number of benzene rings is 2. The van der Waals surface area contributed by atoms with E-state index in [1.807, 2.05) is 87.4 Å². The summed E-state index contributed by atoms with van der Waals surface area (Å²) in [4.78, 5) is 16.4. The van der Waals surface area contributed by atoms with Crippen molar-refractivity contribution in [3.05, 3.63) is 53.6 Å². The number of aryl methyl sites for hydroxylation is 1. The van der Waals surface area contributed by atoms with E-state index < -0.39 is 0 Å². The van der Waals surface area contributed by atoms with Crippen molar-refractivity contribution in [3.63, 3.8) is 0 Å². The lowest BCUT2D eigenvalue weighted by molar-refractivity contribution is 0.102. The molecule has 0 aliphatic heterocycles. The standard InChI is InChI=1S/C18H23N3O/c1-13-12-14(6-11-17(13)21(4)5)18(22)19-15-7-9-16(10-8-15)20(2)3/h6-12H,1-5H3,(H,19,22). The Morgan fingerprint density at radius 1 is 0.909 bits per heavy atom. The van der Waals surface area contributed by atoms with E-state index in [-0.39, 0.29) is 5.91 Å². The minimum absolute atomic E-state index is 0.0917. The van der Waals surface area contributed by atoms with Crippen LogP contribution in [0.15, 0.2) is 42.5 Å². The van der Waals surface area contributed by atoms with Gasteiger partial charge in [-0.05, 0) is 55.0 Å². The number of hydrogen-bond acceptors (Lipinski definition) is 3. The summed E-state index contributed by atoms with van der Waals surface area (Å²) in [5.41, 5.74) is 4.77. The zero-order chi connectivity index (χ0) is 16.3. The number of anilines is 3. The van der Waals surface area contributed by atoms with Crippen molar-refractivity contribution in [2.45, 2.75) is 6.92 Å². The van der Waals surface area contributed by atoms with Gasteiger partial charge in [-0.1, -0.05) is 0 Å². The molecule has 1 N–H and O–H groups in total. The van der Waals surface area contributed by atoms with Crippen molar-refractivity contribution >= 4 is 23.0 Å². The topological polar surface area (TPSA) is 35.6 Å². The normalized spacial score (nSPS) is 10.2. The van der Waals surface area contributed by atoms with E-state index in [0.717, 1.165) is 22.6 Å². The monoisotopic (exact) mass is 297 g/mol. The number of rotatable bonds is 4. The summed E-state index contributed by atoms with van der Waals surface area (Å²) in [6.07, 6.45) is 0. The lowest BCUT2D eigenvalue weighted by atomic mass is 10.1. The SMILES string of the molecule is Cc1cc(C(=O)Nc2ccc(N(C)C)cc2)ccc1N(C)C. The molecule has 0 spiro atoms. The van der Waals surface area contributed by atoms with Crippen LogP contribution in [0.2, 0.25) is 0 Å². The Kier molecular flexibility index (Phi) is 4.71. The second kappa shape index (κ2) is 6.52. The number of hydrogen-bond donors (Lipinski definition) is 1. The van der Waals surface area contributed by atoms with Crippen molar-refractivity contribution in [2.75, 3.05) is 43.3 Å². The fourth-order valence-electron chi connectivity index (χ4n) is 2.34. The van der Waals surface area contributed by atoms with Gasteiger partial charge in [-0.15, -0.1) is 0 Å². The number of carbonyl (C=O) groups excluding carboxylic acids is 1. The van der Waals surface area contributed by atoms with Crippen molar-refractivity contribution in [1.29, 1.82) is 0 Å². The summed E-state index contributed by atoms with van der Waals surface area (Å²) in [5.74, 6) is -0.0917. The third kappa shape index (κ3) is 3.58. The van der Waals surface area contributed by atoms with Gasteiger partial charge in [-0.25, -0.2) is 0 Å². The van der Waals surface area contributed by atoms with Crippen LogP contribution in [0.4, 0.5) is 17.1 Å². The molecule has 4 heteroatoms. The summed E-state index contributed by atoms with van der Waals surface area (Å²) in [5, 5.41) is 2.93. The van der Waals surface area contributed by atoms with Gasteiger partial charge in [-0.2, -0.15) is 0 Å². The zero-order valence-electron chi connectivity index (χ0n) is 13.8. The summed E-state index contributed by atoms with van der Waals surface area (Å²) in [6.45, 7) is 2.01. The molecule has 1 amide bonds. The van der Waals surface area contributed by atoms with Crippen molar-refractivity contribution in [3.8, 4) is 0 Å². The predicted octanol–water partition coefficient (Wildman–Crippen LogP) is 3.38. The number of carbonyl (C=O) groups is 1. The second-order valence-corrected chi connectivity index (χ2v) is 5.79. The molecular weight excluding hydrogens is 274 g/mol. The van der Waals surface area contributed by atoms with Gasteiger partial charge in [0.25, 0.3) is 5.91 Å². The lowest BCUT2D eigenvalue weighted by Crippen LogP contribution is -2.14. The van der Waals surface area contributed by atoms with Gasteiger partial charge in [0.1, 0.15) is 0 Å². The molecule has 0 radical (unpaired) electrons. The number of amides is 1. The highest BCUT2D eigenvalue weighted by Gasteiger charge is 2.09. The molecule has 2 aromatic rings. The molecule has 22 heavy (non-hydrogen) atoms. The van der Waals surface area contributed by atoms with Gasteiger partial charge in [0.05, 0.1) is 0 Å². The second-order valence-electron chi connectivity index (χ2n) is 5.79. The van der Waals surface area contributed by atoms with E-state index >= 15 is 0 Å². The third-order valence-corrected chi connectivity index (χ3v) is 3.58. The van der Waals surface area contributed by atoms with Crippen LogP contribution >= 0.6 is 0 Å². The first-order valence-corrected chi connectivity index (χ1v) is 7.25. The Bertz CT molecular complexity index is 661. The molecule has 0 bridgehead atoms. The fourth-order valence-corrected chi connectivity index (χ4v) is 2.34. The van der Waals surface area contributed by atoms with Crippen LogP contribution in [-0.4, -0.2) is 34.1 Å². The maximum absolute atomic E-state index is 12.3. The van der Waals surface area contributed by atoms with Crippen LogP contribution in [0.1, 0.15) is 15.9 Å². The average Bonchev–Trinajstić information content (AvgIpc) is 2.47. The first kappa shape index (κ1) is 15.9. The highest BCUT2D eigenvalue weighted by Crippen LogP contribution is 2.20.